The van der Waals surface area contributed by atoms with Crippen LogP contribution >= 0.6 is 11.8 Å². The van der Waals surface area contributed by atoms with E-state index in [1.807, 2.05) is 13.8 Å². The van der Waals surface area contributed by atoms with Crippen LogP contribution in [0.4, 0.5) is 0 Å². The molecule has 0 aliphatic carbocycles. The highest BCUT2D eigenvalue weighted by Crippen LogP contribution is 2.26. The average Bonchev–Trinajstić information content (AvgIpc) is 2.70. The van der Waals surface area contributed by atoms with Crippen molar-refractivity contribution in [2.24, 2.45) is 0 Å². The SMILES string of the molecule is CC(C)n1c(Sc2cc([C@@H](C)O)ccn2)n[nH]c1=O. The number of aliphatic hydroxyl groups excluding tert-OH is 1. The van der Waals surface area contributed by atoms with Crippen LogP contribution in [0.25, 0.3) is 0 Å². The second kappa shape index (κ2) is 5.58. The third kappa shape index (κ3) is 3.05. The lowest BCUT2D eigenvalue weighted by Gasteiger charge is -2.09. The number of nitrogens with zero attached hydrogens (tertiary/aromatic N) is 3. The van der Waals surface area contributed by atoms with Gasteiger partial charge in [-0.15, -0.1) is 5.10 Å². The lowest BCUT2D eigenvalue weighted by atomic mass is 10.2. The smallest absolute Gasteiger partial charge is 0.344 e. The van der Waals surface area contributed by atoms with Crippen LogP contribution in [0.1, 0.15) is 38.5 Å². The van der Waals surface area contributed by atoms with Gasteiger partial charge in [0.2, 0.25) is 0 Å². The highest BCUT2D eigenvalue weighted by atomic mass is 32.2. The molecule has 0 fully saturated rings. The summed E-state index contributed by atoms with van der Waals surface area (Å²) in [7, 11) is 0. The zero-order chi connectivity index (χ0) is 14.0. The summed E-state index contributed by atoms with van der Waals surface area (Å²) in [5.41, 5.74) is 0.552. The molecule has 0 aliphatic rings. The number of aliphatic hydroxyl groups is 1. The van der Waals surface area contributed by atoms with E-state index in [0.717, 1.165) is 5.56 Å². The molecule has 1 atom stereocenters. The summed E-state index contributed by atoms with van der Waals surface area (Å²) in [4.78, 5) is 15.8. The molecule has 0 aromatic carbocycles. The molecule has 102 valence electrons. The monoisotopic (exact) mass is 280 g/mol. The number of hydrogen-bond acceptors (Lipinski definition) is 5. The van der Waals surface area contributed by atoms with Crippen molar-refractivity contribution in [3.8, 4) is 0 Å². The van der Waals surface area contributed by atoms with Gasteiger partial charge in [0.05, 0.1) is 6.10 Å². The Labute approximate surface area is 114 Å². The van der Waals surface area contributed by atoms with Crippen molar-refractivity contribution < 1.29 is 5.11 Å². The predicted octanol–water partition coefficient (Wildman–Crippen LogP) is 1.75. The number of nitrogens with one attached hydrogen (secondary N) is 1. The van der Waals surface area contributed by atoms with E-state index in [4.69, 9.17) is 0 Å². The molecule has 0 radical (unpaired) electrons. The molecular weight excluding hydrogens is 264 g/mol. The summed E-state index contributed by atoms with van der Waals surface area (Å²) in [5.74, 6) is 0. The van der Waals surface area contributed by atoms with Crippen molar-refractivity contribution in [3.05, 3.63) is 34.4 Å². The summed E-state index contributed by atoms with van der Waals surface area (Å²) in [6.45, 7) is 5.53. The van der Waals surface area contributed by atoms with Gasteiger partial charge in [0.25, 0.3) is 0 Å². The summed E-state index contributed by atoms with van der Waals surface area (Å²) in [5, 5.41) is 17.2. The van der Waals surface area contributed by atoms with E-state index in [1.165, 1.54) is 11.8 Å². The maximum Gasteiger partial charge on any atom is 0.344 e. The standard InChI is InChI=1S/C12H16N4O2S/c1-7(2)16-11(18)14-15-12(16)19-10-6-9(8(3)17)4-5-13-10/h4-8,17H,1-3H3,(H,14,18)/t8-/m1/s1. The molecule has 0 amide bonds. The van der Waals surface area contributed by atoms with E-state index >= 15 is 0 Å². The van der Waals surface area contributed by atoms with Crippen LogP contribution in [-0.4, -0.2) is 24.9 Å². The number of H-pyrrole nitrogens is 1. The molecule has 2 heterocycles. The second-order valence-corrected chi connectivity index (χ2v) is 5.47. The molecule has 0 saturated carbocycles. The fourth-order valence-electron chi connectivity index (χ4n) is 1.65. The Hall–Kier alpha value is -1.60. The zero-order valence-corrected chi connectivity index (χ0v) is 11.8. The molecule has 0 unspecified atom stereocenters. The van der Waals surface area contributed by atoms with Gasteiger partial charge in [-0.25, -0.2) is 14.9 Å². The van der Waals surface area contributed by atoms with Gasteiger partial charge in [-0.1, -0.05) is 0 Å². The first-order valence-corrected chi connectivity index (χ1v) is 6.79. The molecule has 2 aromatic heterocycles. The van der Waals surface area contributed by atoms with E-state index in [2.05, 4.69) is 15.2 Å². The minimum Gasteiger partial charge on any atom is -0.389 e. The van der Waals surface area contributed by atoms with E-state index in [0.29, 0.717) is 10.2 Å². The van der Waals surface area contributed by atoms with Gasteiger partial charge in [0.15, 0.2) is 5.16 Å². The topological polar surface area (TPSA) is 83.8 Å². The van der Waals surface area contributed by atoms with E-state index in [1.54, 1.807) is 29.8 Å². The fraction of sp³-hybridized carbons (Fsp3) is 0.417. The van der Waals surface area contributed by atoms with E-state index in [-0.39, 0.29) is 11.7 Å². The fourth-order valence-corrected chi connectivity index (χ4v) is 2.63. The van der Waals surface area contributed by atoms with Crippen LogP contribution in [0.5, 0.6) is 0 Å². The van der Waals surface area contributed by atoms with Crippen LogP contribution in [-0.2, 0) is 0 Å². The third-order valence-electron chi connectivity index (χ3n) is 2.63. The van der Waals surface area contributed by atoms with Gasteiger partial charge in [-0.3, -0.25) is 4.57 Å². The summed E-state index contributed by atoms with van der Waals surface area (Å²) < 4.78 is 1.57. The van der Waals surface area contributed by atoms with Crippen molar-refractivity contribution in [1.82, 2.24) is 19.7 Å². The molecule has 0 bridgehead atoms. The van der Waals surface area contributed by atoms with Gasteiger partial charge in [0.1, 0.15) is 5.03 Å². The summed E-state index contributed by atoms with van der Waals surface area (Å²) in [6.07, 6.45) is 1.09. The largest absolute Gasteiger partial charge is 0.389 e. The molecule has 19 heavy (non-hydrogen) atoms. The van der Waals surface area contributed by atoms with E-state index in [9.17, 15) is 9.90 Å². The molecule has 2 aromatic rings. The second-order valence-electron chi connectivity index (χ2n) is 4.48. The van der Waals surface area contributed by atoms with Gasteiger partial charge in [-0.2, -0.15) is 0 Å². The van der Waals surface area contributed by atoms with Crippen LogP contribution in [0.3, 0.4) is 0 Å². The van der Waals surface area contributed by atoms with Crippen molar-refractivity contribution in [1.29, 1.82) is 0 Å². The lowest BCUT2D eigenvalue weighted by Crippen LogP contribution is -2.19. The third-order valence-corrected chi connectivity index (χ3v) is 3.53. The van der Waals surface area contributed by atoms with Crippen molar-refractivity contribution in [2.45, 2.75) is 43.1 Å². The minimum absolute atomic E-state index is 0.0219. The Morgan fingerprint density at radius 3 is 2.79 bits per heavy atom. The average molecular weight is 280 g/mol. The first-order chi connectivity index (χ1) is 8.99. The van der Waals surface area contributed by atoms with E-state index < -0.39 is 6.10 Å². The Balaban J connectivity index is 2.31. The van der Waals surface area contributed by atoms with Gasteiger partial charge >= 0.3 is 5.69 Å². The quantitative estimate of drug-likeness (QED) is 0.891. The van der Waals surface area contributed by atoms with Crippen LogP contribution in [0, 0.1) is 0 Å². The molecule has 6 nitrogen and oxygen atoms in total. The predicted molar refractivity (Wildman–Crippen MR) is 72.2 cm³/mol. The summed E-state index contributed by atoms with van der Waals surface area (Å²) >= 11 is 1.29. The molecule has 0 saturated heterocycles. The van der Waals surface area contributed by atoms with Crippen LogP contribution < -0.4 is 5.69 Å². The Morgan fingerprint density at radius 1 is 1.42 bits per heavy atom. The normalized spacial score (nSPS) is 12.9. The van der Waals surface area contributed by atoms with Gasteiger partial charge in [-0.05, 0) is 50.2 Å². The van der Waals surface area contributed by atoms with Gasteiger partial charge < -0.3 is 5.11 Å². The van der Waals surface area contributed by atoms with Crippen LogP contribution in [0.15, 0.2) is 33.3 Å². The number of rotatable bonds is 4. The molecule has 2 N–H and O–H groups in total. The maximum atomic E-state index is 11.6. The van der Waals surface area contributed by atoms with Gasteiger partial charge in [0, 0.05) is 12.2 Å². The van der Waals surface area contributed by atoms with Crippen LogP contribution in [0.2, 0.25) is 0 Å². The molecule has 2 rings (SSSR count). The Morgan fingerprint density at radius 2 is 2.16 bits per heavy atom. The van der Waals surface area contributed by atoms with Crippen molar-refractivity contribution >= 4 is 11.8 Å². The lowest BCUT2D eigenvalue weighted by molar-refractivity contribution is 0.199. The number of aromatic amines is 1. The molecule has 0 aliphatic heterocycles. The van der Waals surface area contributed by atoms with Crippen molar-refractivity contribution in [2.75, 3.05) is 0 Å². The number of aromatic nitrogens is 4. The Bertz CT molecular complexity index is 618. The molecule has 7 heteroatoms. The first kappa shape index (κ1) is 13.8. The molecule has 0 spiro atoms. The number of hydrogen-bond donors (Lipinski definition) is 2. The highest BCUT2D eigenvalue weighted by molar-refractivity contribution is 7.99. The Kier molecular flexibility index (Phi) is 4.06. The van der Waals surface area contributed by atoms with Crippen molar-refractivity contribution in [3.63, 3.8) is 0 Å². The minimum atomic E-state index is -0.547. The highest BCUT2D eigenvalue weighted by Gasteiger charge is 2.13. The maximum absolute atomic E-state index is 11.6. The first-order valence-electron chi connectivity index (χ1n) is 5.98. The zero-order valence-electron chi connectivity index (χ0n) is 11.0. The summed E-state index contributed by atoms with van der Waals surface area (Å²) in [6, 6.07) is 3.57. The molecular formula is C12H16N4O2S. The number of pyridine rings is 1.